The summed E-state index contributed by atoms with van der Waals surface area (Å²) in [5.41, 5.74) is 1.37. The van der Waals surface area contributed by atoms with E-state index >= 15 is 0 Å². The minimum atomic E-state index is 0.470. The molecule has 0 aliphatic carbocycles. The summed E-state index contributed by atoms with van der Waals surface area (Å²) >= 11 is 0. The third kappa shape index (κ3) is 6.11. The highest BCUT2D eigenvalue weighted by Crippen LogP contribution is 2.23. The largest absolute Gasteiger partial charge is 0.494 e. The van der Waals surface area contributed by atoms with Crippen molar-refractivity contribution in [3.8, 4) is 5.75 Å². The maximum atomic E-state index is 5.50. The zero-order valence-electron chi connectivity index (χ0n) is 12.9. The first-order valence-corrected chi connectivity index (χ1v) is 7.63. The maximum absolute atomic E-state index is 5.50. The van der Waals surface area contributed by atoms with Crippen molar-refractivity contribution in [1.82, 2.24) is 5.32 Å². The number of hydrogen-bond acceptors (Lipinski definition) is 2. The van der Waals surface area contributed by atoms with Gasteiger partial charge in [0.2, 0.25) is 0 Å². The van der Waals surface area contributed by atoms with E-state index in [1.807, 2.05) is 6.92 Å². The third-order valence-corrected chi connectivity index (χ3v) is 3.27. The standard InChI is InChI=1S/C17H29NO/c1-5-13-18-17(12-7-14(3)4)15-8-10-16(11-9-15)19-6-2/h8-11,14,17-18H,5-7,12-13H2,1-4H3. The third-order valence-electron chi connectivity index (χ3n) is 3.27. The molecular formula is C17H29NO. The van der Waals surface area contributed by atoms with Crippen molar-refractivity contribution in [2.75, 3.05) is 13.2 Å². The van der Waals surface area contributed by atoms with E-state index in [0.717, 1.165) is 24.8 Å². The molecule has 0 heterocycles. The van der Waals surface area contributed by atoms with Crippen LogP contribution in [0.1, 0.15) is 58.6 Å². The summed E-state index contributed by atoms with van der Waals surface area (Å²) in [5.74, 6) is 1.72. The van der Waals surface area contributed by atoms with Gasteiger partial charge in [-0.3, -0.25) is 0 Å². The molecule has 0 radical (unpaired) electrons. The van der Waals surface area contributed by atoms with Crippen LogP contribution in [-0.2, 0) is 0 Å². The Morgan fingerprint density at radius 3 is 2.26 bits per heavy atom. The van der Waals surface area contributed by atoms with Crippen LogP contribution >= 0.6 is 0 Å². The van der Waals surface area contributed by atoms with Crippen LogP contribution in [0.3, 0.4) is 0 Å². The normalized spacial score (nSPS) is 12.7. The van der Waals surface area contributed by atoms with Crippen molar-refractivity contribution in [2.45, 2.75) is 53.0 Å². The molecule has 0 aliphatic heterocycles. The highest BCUT2D eigenvalue weighted by atomic mass is 16.5. The van der Waals surface area contributed by atoms with E-state index in [0.29, 0.717) is 6.04 Å². The molecule has 0 spiro atoms. The molecule has 2 nitrogen and oxygen atoms in total. The summed E-state index contributed by atoms with van der Waals surface area (Å²) in [5, 5.41) is 3.65. The lowest BCUT2D eigenvalue weighted by molar-refractivity contribution is 0.340. The number of hydrogen-bond donors (Lipinski definition) is 1. The zero-order chi connectivity index (χ0) is 14.1. The number of rotatable bonds is 9. The van der Waals surface area contributed by atoms with Crippen molar-refractivity contribution in [1.29, 1.82) is 0 Å². The van der Waals surface area contributed by atoms with Crippen LogP contribution in [-0.4, -0.2) is 13.2 Å². The van der Waals surface area contributed by atoms with Crippen LogP contribution in [0.2, 0.25) is 0 Å². The van der Waals surface area contributed by atoms with Crippen molar-refractivity contribution in [3.05, 3.63) is 29.8 Å². The van der Waals surface area contributed by atoms with E-state index in [2.05, 4.69) is 50.4 Å². The smallest absolute Gasteiger partial charge is 0.119 e. The van der Waals surface area contributed by atoms with E-state index < -0.39 is 0 Å². The molecule has 0 saturated carbocycles. The van der Waals surface area contributed by atoms with Crippen LogP contribution in [0.15, 0.2) is 24.3 Å². The average molecular weight is 263 g/mol. The first kappa shape index (κ1) is 16.0. The summed E-state index contributed by atoms with van der Waals surface area (Å²) in [6.45, 7) is 10.6. The number of ether oxygens (including phenoxy) is 1. The molecule has 0 aliphatic rings. The van der Waals surface area contributed by atoms with Gasteiger partial charge in [-0.2, -0.15) is 0 Å². The Labute approximate surface area is 118 Å². The van der Waals surface area contributed by atoms with Gasteiger partial charge in [-0.1, -0.05) is 32.9 Å². The molecule has 1 unspecified atom stereocenters. The van der Waals surface area contributed by atoms with Gasteiger partial charge in [-0.05, 0) is 56.3 Å². The summed E-state index contributed by atoms with van der Waals surface area (Å²) in [4.78, 5) is 0. The molecule has 2 heteroatoms. The van der Waals surface area contributed by atoms with E-state index in [-0.39, 0.29) is 0 Å². The lowest BCUT2D eigenvalue weighted by atomic mass is 9.97. The van der Waals surface area contributed by atoms with Gasteiger partial charge in [-0.25, -0.2) is 0 Å². The number of nitrogens with one attached hydrogen (secondary N) is 1. The van der Waals surface area contributed by atoms with Gasteiger partial charge in [-0.15, -0.1) is 0 Å². The Balaban J connectivity index is 2.66. The SMILES string of the molecule is CCCNC(CCC(C)C)c1ccc(OCC)cc1. The van der Waals surface area contributed by atoms with Crippen molar-refractivity contribution >= 4 is 0 Å². The fourth-order valence-electron chi connectivity index (χ4n) is 2.17. The van der Waals surface area contributed by atoms with Crippen molar-refractivity contribution < 1.29 is 4.74 Å². The fourth-order valence-corrected chi connectivity index (χ4v) is 2.17. The molecule has 1 aromatic rings. The summed E-state index contributed by atoms with van der Waals surface area (Å²) in [6, 6.07) is 9.01. The second kappa shape index (κ2) is 8.98. The van der Waals surface area contributed by atoms with Crippen LogP contribution in [0.25, 0.3) is 0 Å². The van der Waals surface area contributed by atoms with Gasteiger partial charge in [0.05, 0.1) is 6.61 Å². The molecule has 19 heavy (non-hydrogen) atoms. The Bertz CT molecular complexity index is 332. The Kier molecular flexibility index (Phi) is 7.57. The van der Waals surface area contributed by atoms with Crippen LogP contribution in [0, 0.1) is 5.92 Å². The van der Waals surface area contributed by atoms with Gasteiger partial charge in [0.1, 0.15) is 5.75 Å². The monoisotopic (exact) mass is 263 g/mol. The van der Waals surface area contributed by atoms with Gasteiger partial charge in [0.15, 0.2) is 0 Å². The van der Waals surface area contributed by atoms with E-state index in [1.54, 1.807) is 0 Å². The first-order chi connectivity index (χ1) is 9.17. The molecular weight excluding hydrogens is 234 g/mol. The minimum absolute atomic E-state index is 0.470. The van der Waals surface area contributed by atoms with E-state index in [1.165, 1.54) is 24.8 Å². The molecule has 1 N–H and O–H groups in total. The van der Waals surface area contributed by atoms with Gasteiger partial charge < -0.3 is 10.1 Å². The molecule has 1 rings (SSSR count). The van der Waals surface area contributed by atoms with Crippen LogP contribution in [0.4, 0.5) is 0 Å². The second-order valence-electron chi connectivity index (χ2n) is 5.48. The van der Waals surface area contributed by atoms with Crippen LogP contribution < -0.4 is 10.1 Å². The second-order valence-corrected chi connectivity index (χ2v) is 5.48. The van der Waals surface area contributed by atoms with Crippen molar-refractivity contribution in [3.63, 3.8) is 0 Å². The van der Waals surface area contributed by atoms with E-state index in [9.17, 15) is 0 Å². The minimum Gasteiger partial charge on any atom is -0.494 e. The van der Waals surface area contributed by atoms with Crippen molar-refractivity contribution in [2.24, 2.45) is 5.92 Å². The molecule has 108 valence electrons. The van der Waals surface area contributed by atoms with Gasteiger partial charge in [0, 0.05) is 6.04 Å². The van der Waals surface area contributed by atoms with Gasteiger partial charge >= 0.3 is 0 Å². The molecule has 0 bridgehead atoms. The highest BCUT2D eigenvalue weighted by Gasteiger charge is 2.11. The highest BCUT2D eigenvalue weighted by molar-refractivity contribution is 5.29. The fraction of sp³-hybridized carbons (Fsp3) is 0.647. The average Bonchev–Trinajstić information content (AvgIpc) is 2.40. The Morgan fingerprint density at radius 2 is 1.74 bits per heavy atom. The first-order valence-electron chi connectivity index (χ1n) is 7.63. The lowest BCUT2D eigenvalue weighted by Crippen LogP contribution is -2.22. The molecule has 0 amide bonds. The lowest BCUT2D eigenvalue weighted by Gasteiger charge is -2.20. The Hall–Kier alpha value is -1.02. The maximum Gasteiger partial charge on any atom is 0.119 e. The van der Waals surface area contributed by atoms with Crippen LogP contribution in [0.5, 0.6) is 5.75 Å². The summed E-state index contributed by atoms with van der Waals surface area (Å²) < 4.78 is 5.50. The zero-order valence-corrected chi connectivity index (χ0v) is 12.9. The summed E-state index contributed by atoms with van der Waals surface area (Å²) in [6.07, 6.45) is 3.63. The Morgan fingerprint density at radius 1 is 1.05 bits per heavy atom. The predicted molar refractivity (Wildman–Crippen MR) is 82.7 cm³/mol. The molecule has 0 fully saturated rings. The summed E-state index contributed by atoms with van der Waals surface area (Å²) in [7, 11) is 0. The van der Waals surface area contributed by atoms with Gasteiger partial charge in [0.25, 0.3) is 0 Å². The molecule has 1 atom stereocenters. The molecule has 0 aromatic heterocycles. The predicted octanol–water partition coefficient (Wildman–Crippen LogP) is 4.56. The number of benzene rings is 1. The molecule has 0 saturated heterocycles. The van der Waals surface area contributed by atoms with E-state index in [4.69, 9.17) is 4.74 Å². The topological polar surface area (TPSA) is 21.3 Å². The quantitative estimate of drug-likeness (QED) is 0.705. The molecule has 1 aromatic carbocycles.